The quantitative estimate of drug-likeness (QED) is 0.730. The summed E-state index contributed by atoms with van der Waals surface area (Å²) in [7, 11) is 1.92. The molecule has 0 aliphatic carbocycles. The molecule has 0 bridgehead atoms. The molecule has 1 amide bonds. The van der Waals surface area contributed by atoms with Crippen LogP contribution in [-0.2, 0) is 11.3 Å². The molecule has 1 rings (SSSR count). The zero-order valence-corrected chi connectivity index (χ0v) is 11.1. The van der Waals surface area contributed by atoms with E-state index >= 15 is 0 Å². The fourth-order valence-electron chi connectivity index (χ4n) is 1.62. The molecular weight excluding hydrogens is 228 g/mol. The number of amides is 1. The van der Waals surface area contributed by atoms with Gasteiger partial charge in [0.25, 0.3) is 0 Å². The van der Waals surface area contributed by atoms with Gasteiger partial charge in [0.1, 0.15) is 6.61 Å². The molecule has 4 nitrogen and oxygen atoms in total. The van der Waals surface area contributed by atoms with Gasteiger partial charge in [0.15, 0.2) is 0 Å². The van der Waals surface area contributed by atoms with E-state index in [1.165, 1.54) is 0 Å². The molecule has 0 aliphatic rings. The average molecular weight is 250 g/mol. The number of benzene rings is 1. The second kappa shape index (κ2) is 8.53. The Labute approximate surface area is 109 Å². The van der Waals surface area contributed by atoms with Crippen molar-refractivity contribution in [1.82, 2.24) is 10.6 Å². The van der Waals surface area contributed by atoms with Gasteiger partial charge in [0, 0.05) is 6.04 Å². The fraction of sp³-hybridized carbons (Fsp3) is 0.500. The Morgan fingerprint density at radius 2 is 2.06 bits per heavy atom. The normalized spacial score (nSPS) is 11.9. The van der Waals surface area contributed by atoms with Gasteiger partial charge in [-0.25, -0.2) is 4.79 Å². The maximum absolute atomic E-state index is 11.5. The van der Waals surface area contributed by atoms with E-state index in [4.69, 9.17) is 4.74 Å². The maximum Gasteiger partial charge on any atom is 0.407 e. The van der Waals surface area contributed by atoms with Crippen LogP contribution < -0.4 is 10.6 Å². The van der Waals surface area contributed by atoms with Gasteiger partial charge in [-0.3, -0.25) is 0 Å². The first kappa shape index (κ1) is 14.5. The van der Waals surface area contributed by atoms with Crippen LogP contribution in [0.3, 0.4) is 0 Å². The summed E-state index contributed by atoms with van der Waals surface area (Å²) in [6, 6.07) is 9.80. The summed E-state index contributed by atoms with van der Waals surface area (Å²) in [4.78, 5) is 11.5. The van der Waals surface area contributed by atoms with Crippen LogP contribution in [0.25, 0.3) is 0 Å². The van der Waals surface area contributed by atoms with E-state index in [0.717, 1.165) is 24.9 Å². The molecule has 0 heterocycles. The number of hydrogen-bond acceptors (Lipinski definition) is 3. The van der Waals surface area contributed by atoms with E-state index in [1.807, 2.05) is 44.3 Å². The van der Waals surface area contributed by atoms with Gasteiger partial charge < -0.3 is 15.4 Å². The van der Waals surface area contributed by atoms with Crippen molar-refractivity contribution < 1.29 is 9.53 Å². The van der Waals surface area contributed by atoms with E-state index in [0.29, 0.717) is 6.61 Å². The van der Waals surface area contributed by atoms with E-state index in [1.54, 1.807) is 0 Å². The molecule has 1 aromatic rings. The standard InChI is InChI=1S/C14H22N2O2/c1-12(7-6-10-15-2)16-14(17)18-11-13-8-4-3-5-9-13/h3-5,8-9,12,15H,6-7,10-11H2,1-2H3,(H,16,17)/t12-/m1/s1. The van der Waals surface area contributed by atoms with Gasteiger partial charge in [-0.05, 0) is 38.9 Å². The van der Waals surface area contributed by atoms with Crippen LogP contribution in [0.15, 0.2) is 30.3 Å². The second-order valence-corrected chi connectivity index (χ2v) is 4.35. The van der Waals surface area contributed by atoms with Gasteiger partial charge in [-0.1, -0.05) is 30.3 Å². The molecule has 18 heavy (non-hydrogen) atoms. The highest BCUT2D eigenvalue weighted by molar-refractivity contribution is 5.67. The third-order valence-electron chi connectivity index (χ3n) is 2.64. The topological polar surface area (TPSA) is 50.4 Å². The van der Waals surface area contributed by atoms with Crippen LogP contribution in [0.2, 0.25) is 0 Å². The average Bonchev–Trinajstić information content (AvgIpc) is 2.38. The molecule has 0 saturated carbocycles. The van der Waals surface area contributed by atoms with Crippen molar-refractivity contribution in [2.24, 2.45) is 0 Å². The van der Waals surface area contributed by atoms with Crippen LogP contribution in [0.4, 0.5) is 4.79 Å². The minimum Gasteiger partial charge on any atom is -0.445 e. The SMILES string of the molecule is CNCCC[C@@H](C)NC(=O)OCc1ccccc1. The van der Waals surface area contributed by atoms with Crippen molar-refractivity contribution in [1.29, 1.82) is 0 Å². The third-order valence-corrected chi connectivity index (χ3v) is 2.64. The lowest BCUT2D eigenvalue weighted by atomic mass is 10.2. The second-order valence-electron chi connectivity index (χ2n) is 4.35. The van der Waals surface area contributed by atoms with Crippen molar-refractivity contribution in [2.75, 3.05) is 13.6 Å². The number of alkyl carbamates (subject to hydrolysis) is 1. The zero-order valence-electron chi connectivity index (χ0n) is 11.1. The lowest BCUT2D eigenvalue weighted by molar-refractivity contribution is 0.136. The summed E-state index contributed by atoms with van der Waals surface area (Å²) in [5.41, 5.74) is 0.996. The van der Waals surface area contributed by atoms with Crippen molar-refractivity contribution in [3.05, 3.63) is 35.9 Å². The van der Waals surface area contributed by atoms with Crippen LogP contribution in [0, 0.1) is 0 Å². The predicted octanol–water partition coefficient (Wildman–Crippen LogP) is 2.30. The van der Waals surface area contributed by atoms with E-state index in [-0.39, 0.29) is 12.1 Å². The summed E-state index contributed by atoms with van der Waals surface area (Å²) < 4.78 is 5.14. The fourth-order valence-corrected chi connectivity index (χ4v) is 1.62. The summed E-state index contributed by atoms with van der Waals surface area (Å²) >= 11 is 0. The Morgan fingerprint density at radius 1 is 1.33 bits per heavy atom. The Morgan fingerprint density at radius 3 is 2.72 bits per heavy atom. The third kappa shape index (κ3) is 6.25. The molecular formula is C14H22N2O2. The maximum atomic E-state index is 11.5. The molecule has 100 valence electrons. The minimum absolute atomic E-state index is 0.140. The molecule has 0 spiro atoms. The smallest absolute Gasteiger partial charge is 0.407 e. The first-order chi connectivity index (χ1) is 8.72. The van der Waals surface area contributed by atoms with Crippen molar-refractivity contribution >= 4 is 6.09 Å². The van der Waals surface area contributed by atoms with Gasteiger partial charge in [0.05, 0.1) is 0 Å². The zero-order chi connectivity index (χ0) is 13.2. The van der Waals surface area contributed by atoms with Gasteiger partial charge in [0.2, 0.25) is 0 Å². The molecule has 0 unspecified atom stereocenters. The Balaban J connectivity index is 2.17. The molecule has 1 aromatic carbocycles. The van der Waals surface area contributed by atoms with Crippen molar-refractivity contribution in [3.63, 3.8) is 0 Å². The molecule has 4 heteroatoms. The molecule has 1 atom stereocenters. The Kier molecular flexibility index (Phi) is 6.87. The van der Waals surface area contributed by atoms with E-state index < -0.39 is 0 Å². The molecule has 2 N–H and O–H groups in total. The van der Waals surface area contributed by atoms with Crippen molar-refractivity contribution in [2.45, 2.75) is 32.4 Å². The Bertz CT molecular complexity index is 341. The summed E-state index contributed by atoms with van der Waals surface area (Å²) in [6.45, 7) is 3.26. The van der Waals surface area contributed by atoms with Crippen LogP contribution >= 0.6 is 0 Å². The number of hydrogen-bond donors (Lipinski definition) is 2. The monoisotopic (exact) mass is 250 g/mol. The number of carbonyl (C=O) groups excluding carboxylic acids is 1. The summed E-state index contributed by atoms with van der Waals surface area (Å²) in [5.74, 6) is 0. The van der Waals surface area contributed by atoms with Gasteiger partial charge in [-0.15, -0.1) is 0 Å². The molecule has 0 fully saturated rings. The summed E-state index contributed by atoms with van der Waals surface area (Å²) in [5, 5.41) is 5.90. The van der Waals surface area contributed by atoms with Gasteiger partial charge >= 0.3 is 6.09 Å². The van der Waals surface area contributed by atoms with Crippen molar-refractivity contribution in [3.8, 4) is 0 Å². The lowest BCUT2D eigenvalue weighted by Gasteiger charge is -2.13. The highest BCUT2D eigenvalue weighted by Gasteiger charge is 2.07. The van der Waals surface area contributed by atoms with Crippen LogP contribution in [0.5, 0.6) is 0 Å². The van der Waals surface area contributed by atoms with Crippen LogP contribution in [-0.4, -0.2) is 25.7 Å². The first-order valence-electron chi connectivity index (χ1n) is 6.34. The largest absolute Gasteiger partial charge is 0.445 e. The predicted molar refractivity (Wildman–Crippen MR) is 72.4 cm³/mol. The Hall–Kier alpha value is -1.55. The first-order valence-corrected chi connectivity index (χ1v) is 6.34. The lowest BCUT2D eigenvalue weighted by Crippen LogP contribution is -2.33. The van der Waals surface area contributed by atoms with Crippen LogP contribution in [0.1, 0.15) is 25.3 Å². The number of nitrogens with one attached hydrogen (secondary N) is 2. The number of carbonyl (C=O) groups is 1. The molecule has 0 saturated heterocycles. The molecule has 0 aromatic heterocycles. The number of rotatable bonds is 7. The summed E-state index contributed by atoms with van der Waals surface area (Å²) in [6.07, 6.45) is 1.63. The number of ether oxygens (including phenoxy) is 1. The molecule has 0 aliphatic heterocycles. The van der Waals surface area contributed by atoms with E-state index in [9.17, 15) is 4.79 Å². The molecule has 0 radical (unpaired) electrons. The van der Waals surface area contributed by atoms with E-state index in [2.05, 4.69) is 10.6 Å². The van der Waals surface area contributed by atoms with Gasteiger partial charge in [-0.2, -0.15) is 0 Å². The minimum atomic E-state index is -0.351. The highest BCUT2D eigenvalue weighted by atomic mass is 16.5. The highest BCUT2D eigenvalue weighted by Crippen LogP contribution is 2.01.